The molecule has 1 saturated heterocycles. The molecule has 0 aromatic heterocycles. The summed E-state index contributed by atoms with van der Waals surface area (Å²) in [6.45, 7) is 7.71. The van der Waals surface area contributed by atoms with E-state index in [4.69, 9.17) is 9.47 Å². The Balaban J connectivity index is 2.00. The smallest absolute Gasteiger partial charge is 0.157 e. The molecular weight excluding hydrogens is 240 g/mol. The number of hydrogen-bond acceptors (Lipinski definition) is 3. The summed E-state index contributed by atoms with van der Waals surface area (Å²) in [6, 6.07) is 0. The van der Waals surface area contributed by atoms with Gasteiger partial charge in [-0.05, 0) is 37.0 Å². The highest BCUT2D eigenvalue weighted by Gasteiger charge is 2.40. The zero-order valence-electron chi connectivity index (χ0n) is 12.0. The van der Waals surface area contributed by atoms with Crippen molar-refractivity contribution in [1.82, 2.24) is 0 Å². The molecule has 0 unspecified atom stereocenters. The molecule has 3 nitrogen and oxygen atoms in total. The van der Waals surface area contributed by atoms with Gasteiger partial charge in [-0.15, -0.1) is 6.58 Å². The fourth-order valence-corrected chi connectivity index (χ4v) is 3.50. The monoisotopic (exact) mass is 266 g/mol. The van der Waals surface area contributed by atoms with Crippen LogP contribution in [0.5, 0.6) is 0 Å². The average molecular weight is 266 g/mol. The number of Topliss-reactive ketones (excluding diaryl/α,β-unsaturated/α-hetero) is 1. The summed E-state index contributed by atoms with van der Waals surface area (Å²) in [5, 5.41) is 0. The summed E-state index contributed by atoms with van der Waals surface area (Å²) in [5.41, 5.74) is 0.0846. The van der Waals surface area contributed by atoms with Gasteiger partial charge in [0.1, 0.15) is 5.78 Å². The summed E-state index contributed by atoms with van der Waals surface area (Å²) in [7, 11) is 0. The van der Waals surface area contributed by atoms with Crippen LogP contribution in [0.15, 0.2) is 12.7 Å². The summed E-state index contributed by atoms with van der Waals surface area (Å²) in [6.07, 6.45) is 8.28. The predicted molar refractivity (Wildman–Crippen MR) is 74.8 cm³/mol. The van der Waals surface area contributed by atoms with Gasteiger partial charge in [0.2, 0.25) is 0 Å². The van der Waals surface area contributed by atoms with Crippen LogP contribution in [0.4, 0.5) is 0 Å². The third-order valence-corrected chi connectivity index (χ3v) is 4.72. The molecule has 19 heavy (non-hydrogen) atoms. The molecule has 1 heterocycles. The Bertz CT molecular complexity index is 320. The van der Waals surface area contributed by atoms with Crippen molar-refractivity contribution in [2.24, 2.45) is 11.3 Å². The van der Waals surface area contributed by atoms with Gasteiger partial charge >= 0.3 is 0 Å². The number of rotatable bonds is 5. The van der Waals surface area contributed by atoms with Crippen LogP contribution in [-0.4, -0.2) is 25.3 Å². The van der Waals surface area contributed by atoms with E-state index < -0.39 is 0 Å². The molecule has 2 rings (SSSR count). The van der Waals surface area contributed by atoms with E-state index in [-0.39, 0.29) is 11.7 Å². The lowest BCUT2D eigenvalue weighted by Crippen LogP contribution is -2.38. The van der Waals surface area contributed by atoms with Gasteiger partial charge in [-0.3, -0.25) is 4.79 Å². The van der Waals surface area contributed by atoms with Crippen LogP contribution in [-0.2, 0) is 14.3 Å². The van der Waals surface area contributed by atoms with Crippen LogP contribution < -0.4 is 0 Å². The van der Waals surface area contributed by atoms with E-state index in [1.54, 1.807) is 0 Å². The number of carbonyl (C=O) groups excluding carboxylic acids is 1. The van der Waals surface area contributed by atoms with Gasteiger partial charge in [0.25, 0.3) is 0 Å². The maximum Gasteiger partial charge on any atom is 0.157 e. The van der Waals surface area contributed by atoms with E-state index in [0.717, 1.165) is 51.7 Å². The quantitative estimate of drug-likeness (QED) is 0.715. The molecule has 108 valence electrons. The minimum absolute atomic E-state index is 0.0810. The Morgan fingerprint density at radius 3 is 2.79 bits per heavy atom. The van der Waals surface area contributed by atoms with E-state index in [9.17, 15) is 4.79 Å². The van der Waals surface area contributed by atoms with Gasteiger partial charge in [0, 0.05) is 19.3 Å². The molecule has 0 aromatic rings. The summed E-state index contributed by atoms with van der Waals surface area (Å²) < 4.78 is 11.3. The third-order valence-electron chi connectivity index (χ3n) is 4.72. The maximum atomic E-state index is 11.9. The van der Waals surface area contributed by atoms with Crippen LogP contribution in [0, 0.1) is 11.3 Å². The van der Waals surface area contributed by atoms with Gasteiger partial charge < -0.3 is 9.47 Å². The number of carbonyl (C=O) groups is 1. The molecule has 0 aromatic carbocycles. The van der Waals surface area contributed by atoms with Crippen LogP contribution in [0.25, 0.3) is 0 Å². The van der Waals surface area contributed by atoms with E-state index >= 15 is 0 Å². The maximum absolute atomic E-state index is 11.9. The van der Waals surface area contributed by atoms with Crippen molar-refractivity contribution >= 4 is 5.78 Å². The van der Waals surface area contributed by atoms with Crippen LogP contribution in [0.3, 0.4) is 0 Å². The van der Waals surface area contributed by atoms with Gasteiger partial charge in [-0.25, -0.2) is 0 Å². The lowest BCUT2D eigenvalue weighted by atomic mass is 9.63. The zero-order valence-corrected chi connectivity index (χ0v) is 12.0. The van der Waals surface area contributed by atoms with Crippen molar-refractivity contribution in [3.05, 3.63) is 12.7 Å². The Morgan fingerprint density at radius 1 is 1.42 bits per heavy atom. The van der Waals surface area contributed by atoms with Crippen molar-refractivity contribution in [1.29, 1.82) is 0 Å². The highest BCUT2D eigenvalue weighted by molar-refractivity contribution is 5.80. The van der Waals surface area contributed by atoms with Crippen molar-refractivity contribution in [3.8, 4) is 0 Å². The second-order valence-electron chi connectivity index (χ2n) is 6.09. The molecule has 0 amide bonds. The van der Waals surface area contributed by atoms with Crippen LogP contribution >= 0.6 is 0 Å². The minimum Gasteiger partial charge on any atom is -0.353 e. The topological polar surface area (TPSA) is 35.5 Å². The summed E-state index contributed by atoms with van der Waals surface area (Å²) >= 11 is 0. The SMILES string of the molecule is C=CC[C@]1([C@H](C)CC2OCCCO2)CCCC(=O)C1. The highest BCUT2D eigenvalue weighted by Crippen LogP contribution is 2.46. The molecule has 0 radical (unpaired) electrons. The molecule has 2 aliphatic rings. The van der Waals surface area contributed by atoms with Gasteiger partial charge in [-0.2, -0.15) is 0 Å². The molecule has 2 atom stereocenters. The van der Waals surface area contributed by atoms with E-state index in [1.165, 1.54) is 0 Å². The highest BCUT2D eigenvalue weighted by atomic mass is 16.7. The van der Waals surface area contributed by atoms with Crippen molar-refractivity contribution in [2.75, 3.05) is 13.2 Å². The molecule has 0 bridgehead atoms. The van der Waals surface area contributed by atoms with E-state index in [1.807, 2.05) is 6.08 Å². The van der Waals surface area contributed by atoms with Crippen LogP contribution in [0.2, 0.25) is 0 Å². The summed E-state index contributed by atoms with van der Waals surface area (Å²) in [5.74, 6) is 0.836. The van der Waals surface area contributed by atoms with Crippen molar-refractivity contribution < 1.29 is 14.3 Å². The molecule has 1 saturated carbocycles. The first-order valence-corrected chi connectivity index (χ1v) is 7.52. The largest absolute Gasteiger partial charge is 0.353 e. The Labute approximate surface area is 116 Å². The lowest BCUT2D eigenvalue weighted by Gasteiger charge is -2.42. The standard InChI is InChI=1S/C16H26O3/c1-3-7-16(8-4-6-14(17)12-16)13(2)11-15-18-9-5-10-19-15/h3,13,15H,1,4-12H2,2H3/t13-,16+/m1/s1. The Hall–Kier alpha value is -0.670. The molecule has 0 spiro atoms. The fourth-order valence-electron chi connectivity index (χ4n) is 3.50. The second-order valence-corrected chi connectivity index (χ2v) is 6.09. The van der Waals surface area contributed by atoms with Crippen molar-refractivity contribution in [2.45, 2.75) is 58.2 Å². The molecule has 1 aliphatic carbocycles. The molecule has 1 aliphatic heterocycles. The minimum atomic E-state index is -0.0810. The third kappa shape index (κ3) is 3.67. The average Bonchev–Trinajstić information content (AvgIpc) is 2.40. The normalized spacial score (nSPS) is 31.1. The predicted octanol–water partition coefficient (Wildman–Crippen LogP) is 3.48. The Morgan fingerprint density at radius 2 is 2.16 bits per heavy atom. The van der Waals surface area contributed by atoms with Gasteiger partial charge in [-0.1, -0.05) is 13.0 Å². The lowest BCUT2D eigenvalue weighted by molar-refractivity contribution is -0.191. The van der Waals surface area contributed by atoms with Crippen LogP contribution in [0.1, 0.15) is 51.9 Å². The Kier molecular flexibility index (Phi) is 5.17. The number of hydrogen-bond donors (Lipinski definition) is 0. The first kappa shape index (κ1) is 14.7. The number of allylic oxidation sites excluding steroid dienone is 1. The first-order valence-electron chi connectivity index (χ1n) is 7.52. The van der Waals surface area contributed by atoms with E-state index in [2.05, 4.69) is 13.5 Å². The van der Waals surface area contributed by atoms with Crippen molar-refractivity contribution in [3.63, 3.8) is 0 Å². The zero-order chi connectivity index (χ0) is 13.7. The second kappa shape index (κ2) is 6.67. The molecular formula is C16H26O3. The number of ether oxygens (including phenoxy) is 2. The molecule has 0 N–H and O–H groups in total. The first-order chi connectivity index (χ1) is 9.16. The molecule has 2 fully saturated rings. The van der Waals surface area contributed by atoms with Gasteiger partial charge in [0.15, 0.2) is 6.29 Å². The molecule has 3 heteroatoms. The fraction of sp³-hybridized carbons (Fsp3) is 0.812. The number of ketones is 1. The van der Waals surface area contributed by atoms with Gasteiger partial charge in [0.05, 0.1) is 13.2 Å². The van der Waals surface area contributed by atoms with E-state index in [0.29, 0.717) is 18.1 Å². The summed E-state index contributed by atoms with van der Waals surface area (Å²) in [4.78, 5) is 11.9.